The number of allylic oxidation sites excluding steroid dienone is 2. The molecule has 4 nitrogen and oxygen atoms in total. The van der Waals surface area contributed by atoms with Crippen LogP contribution in [0.4, 0.5) is 0 Å². The number of esters is 1. The number of piperazine rings is 1. The standard InChI is InChI=1S/C26H36N2O2/c1-19-7-6-10-26(2)16-24-21(15-23(19)26)22(25(29)30-24)18-28-13-11-27(12-14-28)17-20-8-4-3-5-9-20/h3-5,8-9,21-22,24H,6-7,10-18H2,1-2H3. The number of rotatable bonds is 4. The van der Waals surface area contributed by atoms with Crippen LogP contribution in [0.1, 0.15) is 51.5 Å². The van der Waals surface area contributed by atoms with Crippen LogP contribution < -0.4 is 0 Å². The molecule has 0 bridgehead atoms. The van der Waals surface area contributed by atoms with Crippen molar-refractivity contribution in [3.05, 3.63) is 47.0 Å². The first-order valence-electron chi connectivity index (χ1n) is 11.9. The van der Waals surface area contributed by atoms with Crippen molar-refractivity contribution in [1.82, 2.24) is 9.80 Å². The van der Waals surface area contributed by atoms with Crippen molar-refractivity contribution in [3.63, 3.8) is 0 Å². The van der Waals surface area contributed by atoms with Gasteiger partial charge in [0.2, 0.25) is 0 Å². The first-order chi connectivity index (χ1) is 14.5. The Bertz CT molecular complexity index is 812. The molecule has 0 N–H and O–H groups in total. The van der Waals surface area contributed by atoms with E-state index in [9.17, 15) is 4.79 Å². The van der Waals surface area contributed by atoms with Gasteiger partial charge in [0, 0.05) is 45.2 Å². The topological polar surface area (TPSA) is 32.8 Å². The lowest BCUT2D eigenvalue weighted by atomic mass is 9.59. The second-order valence-electron chi connectivity index (χ2n) is 10.4. The average Bonchev–Trinajstić information content (AvgIpc) is 3.02. The average molecular weight is 409 g/mol. The predicted octanol–water partition coefficient (Wildman–Crippen LogP) is 4.26. The van der Waals surface area contributed by atoms with Gasteiger partial charge in [0.1, 0.15) is 6.10 Å². The first kappa shape index (κ1) is 20.3. The van der Waals surface area contributed by atoms with Crippen LogP contribution in [0.25, 0.3) is 0 Å². The van der Waals surface area contributed by atoms with Crippen molar-refractivity contribution in [3.8, 4) is 0 Å². The van der Waals surface area contributed by atoms with Gasteiger partial charge in [0.05, 0.1) is 5.92 Å². The van der Waals surface area contributed by atoms with E-state index in [4.69, 9.17) is 4.74 Å². The zero-order valence-corrected chi connectivity index (χ0v) is 18.6. The lowest BCUT2D eigenvalue weighted by Gasteiger charge is -2.46. The molecule has 0 amide bonds. The molecule has 4 heteroatoms. The number of nitrogens with zero attached hydrogens (tertiary/aromatic N) is 2. The Hall–Kier alpha value is -1.65. The van der Waals surface area contributed by atoms with Crippen LogP contribution in [0, 0.1) is 17.3 Å². The Balaban J connectivity index is 1.20. The summed E-state index contributed by atoms with van der Waals surface area (Å²) in [5, 5.41) is 0. The largest absolute Gasteiger partial charge is 0.462 e. The minimum absolute atomic E-state index is 0.0578. The fourth-order valence-electron chi connectivity index (χ4n) is 6.57. The molecule has 2 saturated heterocycles. The smallest absolute Gasteiger partial charge is 0.310 e. The quantitative estimate of drug-likeness (QED) is 0.550. The van der Waals surface area contributed by atoms with Gasteiger partial charge < -0.3 is 4.74 Å². The molecule has 2 aliphatic heterocycles. The van der Waals surface area contributed by atoms with E-state index in [-0.39, 0.29) is 23.4 Å². The van der Waals surface area contributed by atoms with E-state index in [2.05, 4.69) is 54.0 Å². The fourth-order valence-corrected chi connectivity index (χ4v) is 6.57. The van der Waals surface area contributed by atoms with Gasteiger partial charge in [-0.25, -0.2) is 0 Å². The summed E-state index contributed by atoms with van der Waals surface area (Å²) in [6.45, 7) is 10.9. The Morgan fingerprint density at radius 1 is 1.10 bits per heavy atom. The van der Waals surface area contributed by atoms with E-state index in [1.807, 2.05) is 0 Å². The zero-order chi connectivity index (χ0) is 20.7. The normalized spacial score (nSPS) is 35.1. The number of hydrogen-bond acceptors (Lipinski definition) is 4. The monoisotopic (exact) mass is 408 g/mol. The summed E-state index contributed by atoms with van der Waals surface area (Å²) >= 11 is 0. The highest BCUT2D eigenvalue weighted by Crippen LogP contribution is 2.55. The third-order valence-electron chi connectivity index (χ3n) is 8.35. The lowest BCUT2D eigenvalue weighted by Crippen LogP contribution is -2.49. The minimum Gasteiger partial charge on any atom is -0.462 e. The summed E-state index contributed by atoms with van der Waals surface area (Å²) in [6.07, 6.45) is 6.05. The van der Waals surface area contributed by atoms with E-state index in [0.29, 0.717) is 5.92 Å². The summed E-state index contributed by atoms with van der Waals surface area (Å²) < 4.78 is 5.97. The molecule has 3 fully saturated rings. The van der Waals surface area contributed by atoms with Crippen molar-refractivity contribution < 1.29 is 9.53 Å². The Kier molecular flexibility index (Phi) is 5.49. The molecule has 4 unspecified atom stereocenters. The van der Waals surface area contributed by atoms with Crippen LogP contribution in [0.5, 0.6) is 0 Å². The van der Waals surface area contributed by atoms with Crippen molar-refractivity contribution in [1.29, 1.82) is 0 Å². The van der Waals surface area contributed by atoms with Gasteiger partial charge in [0.25, 0.3) is 0 Å². The molecule has 30 heavy (non-hydrogen) atoms. The molecule has 5 rings (SSSR count). The maximum absolute atomic E-state index is 12.8. The van der Waals surface area contributed by atoms with Gasteiger partial charge in [-0.15, -0.1) is 0 Å². The SMILES string of the molecule is CC1=C2CC3C(CC2(C)CCC1)OC(=O)C3CN1CCN(Cc2ccccc2)CC1. The second kappa shape index (κ2) is 8.12. The molecule has 0 radical (unpaired) electrons. The summed E-state index contributed by atoms with van der Waals surface area (Å²) in [5.74, 6) is 0.510. The molecule has 1 saturated carbocycles. The van der Waals surface area contributed by atoms with E-state index in [0.717, 1.165) is 52.1 Å². The highest BCUT2D eigenvalue weighted by atomic mass is 16.6. The minimum atomic E-state index is 0.0578. The van der Waals surface area contributed by atoms with Crippen LogP contribution in [-0.4, -0.2) is 54.6 Å². The van der Waals surface area contributed by atoms with Crippen LogP contribution in [-0.2, 0) is 16.1 Å². The molecule has 4 aliphatic rings. The zero-order valence-electron chi connectivity index (χ0n) is 18.6. The van der Waals surface area contributed by atoms with E-state index >= 15 is 0 Å². The van der Waals surface area contributed by atoms with Crippen molar-refractivity contribution in [2.75, 3.05) is 32.7 Å². The van der Waals surface area contributed by atoms with E-state index in [1.165, 1.54) is 24.8 Å². The molecule has 2 heterocycles. The number of carbonyl (C=O) groups excluding carboxylic acids is 1. The second-order valence-corrected chi connectivity index (χ2v) is 10.4. The van der Waals surface area contributed by atoms with Gasteiger partial charge in [0.15, 0.2) is 0 Å². The fraction of sp³-hybridized carbons (Fsp3) is 0.654. The number of fused-ring (bicyclic) bond motifs is 2. The third kappa shape index (κ3) is 3.85. The molecular formula is C26H36N2O2. The Morgan fingerprint density at radius 3 is 2.60 bits per heavy atom. The highest BCUT2D eigenvalue weighted by molar-refractivity contribution is 5.76. The lowest BCUT2D eigenvalue weighted by molar-refractivity contribution is -0.145. The molecule has 162 valence electrons. The molecular weight excluding hydrogens is 372 g/mol. The molecule has 4 atom stereocenters. The summed E-state index contributed by atoms with van der Waals surface area (Å²) in [5.41, 5.74) is 4.90. The van der Waals surface area contributed by atoms with Crippen LogP contribution in [0.15, 0.2) is 41.5 Å². The molecule has 0 spiro atoms. The Morgan fingerprint density at radius 2 is 1.83 bits per heavy atom. The van der Waals surface area contributed by atoms with E-state index < -0.39 is 0 Å². The van der Waals surface area contributed by atoms with Crippen molar-refractivity contribution >= 4 is 5.97 Å². The van der Waals surface area contributed by atoms with Crippen molar-refractivity contribution in [2.24, 2.45) is 17.3 Å². The van der Waals surface area contributed by atoms with Gasteiger partial charge in [-0.1, -0.05) is 48.4 Å². The summed E-state index contributed by atoms with van der Waals surface area (Å²) in [7, 11) is 0. The summed E-state index contributed by atoms with van der Waals surface area (Å²) in [4.78, 5) is 17.9. The van der Waals surface area contributed by atoms with Crippen LogP contribution >= 0.6 is 0 Å². The van der Waals surface area contributed by atoms with Gasteiger partial charge in [-0.05, 0) is 50.0 Å². The highest BCUT2D eigenvalue weighted by Gasteiger charge is 2.53. The number of hydrogen-bond donors (Lipinski definition) is 0. The van der Waals surface area contributed by atoms with Crippen molar-refractivity contribution in [2.45, 2.75) is 58.6 Å². The molecule has 1 aromatic carbocycles. The molecule has 0 aromatic heterocycles. The maximum atomic E-state index is 12.8. The predicted molar refractivity (Wildman–Crippen MR) is 119 cm³/mol. The van der Waals surface area contributed by atoms with Crippen LogP contribution in [0.3, 0.4) is 0 Å². The van der Waals surface area contributed by atoms with Gasteiger partial charge in [-0.2, -0.15) is 0 Å². The molecule has 2 aliphatic carbocycles. The summed E-state index contributed by atoms with van der Waals surface area (Å²) in [6, 6.07) is 10.7. The third-order valence-corrected chi connectivity index (χ3v) is 8.35. The number of ether oxygens (including phenoxy) is 1. The van der Waals surface area contributed by atoms with Crippen LogP contribution in [0.2, 0.25) is 0 Å². The van der Waals surface area contributed by atoms with Gasteiger partial charge in [-0.3, -0.25) is 14.6 Å². The van der Waals surface area contributed by atoms with Gasteiger partial charge >= 0.3 is 5.97 Å². The number of benzene rings is 1. The number of carbonyl (C=O) groups is 1. The maximum Gasteiger partial charge on any atom is 0.310 e. The first-order valence-corrected chi connectivity index (χ1v) is 11.9. The molecule has 1 aromatic rings. The van der Waals surface area contributed by atoms with E-state index in [1.54, 1.807) is 11.1 Å². The Labute approximate surface area is 181 Å².